The van der Waals surface area contributed by atoms with Crippen molar-refractivity contribution < 1.29 is 4.92 Å². The number of anilines is 2. The molecule has 1 heterocycles. The van der Waals surface area contributed by atoms with E-state index in [1.54, 1.807) is 0 Å². The smallest absolute Gasteiger partial charge is 0.276 e. The molecule has 5 nitrogen and oxygen atoms in total. The van der Waals surface area contributed by atoms with Crippen molar-refractivity contribution in [1.82, 2.24) is 4.98 Å². The van der Waals surface area contributed by atoms with Crippen LogP contribution in [0, 0.1) is 17.0 Å². The van der Waals surface area contributed by atoms with Crippen LogP contribution >= 0.6 is 27.5 Å². The van der Waals surface area contributed by atoms with E-state index in [2.05, 4.69) is 26.2 Å². The van der Waals surface area contributed by atoms with Gasteiger partial charge in [-0.15, -0.1) is 0 Å². The van der Waals surface area contributed by atoms with E-state index in [-0.39, 0.29) is 10.8 Å². The van der Waals surface area contributed by atoms with Gasteiger partial charge in [0, 0.05) is 10.2 Å². The van der Waals surface area contributed by atoms with Crippen LogP contribution in [0.15, 0.2) is 34.8 Å². The average molecular weight is 343 g/mol. The highest BCUT2D eigenvalue weighted by Gasteiger charge is 2.11. The second-order valence-electron chi connectivity index (χ2n) is 3.83. The molecule has 0 spiro atoms. The summed E-state index contributed by atoms with van der Waals surface area (Å²) < 4.78 is 0.939. The number of benzene rings is 1. The lowest BCUT2D eigenvalue weighted by Gasteiger charge is -2.10. The highest BCUT2D eigenvalue weighted by atomic mass is 79.9. The predicted octanol–water partition coefficient (Wildman–Crippen LogP) is 4.46. The summed E-state index contributed by atoms with van der Waals surface area (Å²) in [6.45, 7) is 1.92. The third kappa shape index (κ3) is 3.21. The molecule has 2 aromatic rings. The lowest BCUT2D eigenvalue weighted by atomic mass is 10.2. The molecule has 0 fully saturated rings. The van der Waals surface area contributed by atoms with E-state index in [1.165, 1.54) is 12.1 Å². The molecule has 1 aromatic carbocycles. The van der Waals surface area contributed by atoms with Gasteiger partial charge in [0.25, 0.3) is 5.69 Å². The first-order chi connectivity index (χ1) is 8.97. The van der Waals surface area contributed by atoms with E-state index in [4.69, 9.17) is 11.6 Å². The molecule has 0 aliphatic heterocycles. The molecular weight excluding hydrogens is 334 g/mol. The monoisotopic (exact) mass is 341 g/mol. The summed E-state index contributed by atoms with van der Waals surface area (Å²) in [6.07, 6.45) is 0. The summed E-state index contributed by atoms with van der Waals surface area (Å²) in [7, 11) is 0. The number of hydrogen-bond acceptors (Lipinski definition) is 4. The van der Waals surface area contributed by atoms with E-state index >= 15 is 0 Å². The molecular formula is C12H9BrClN3O2. The minimum atomic E-state index is -0.507. The third-order valence-corrected chi connectivity index (χ3v) is 3.57. The summed E-state index contributed by atoms with van der Waals surface area (Å²) in [5.74, 6) is 0.334. The number of rotatable bonds is 3. The van der Waals surface area contributed by atoms with Crippen LogP contribution in [0.5, 0.6) is 0 Å². The van der Waals surface area contributed by atoms with E-state index < -0.39 is 4.92 Å². The third-order valence-electron chi connectivity index (χ3n) is 2.52. The second-order valence-corrected chi connectivity index (χ2v) is 5.07. The number of nitrogens with zero attached hydrogens (tertiary/aromatic N) is 2. The Hall–Kier alpha value is -1.66. The molecule has 0 bridgehead atoms. The average Bonchev–Trinajstić information content (AvgIpc) is 2.34. The van der Waals surface area contributed by atoms with Crippen LogP contribution in [0.1, 0.15) is 5.56 Å². The lowest BCUT2D eigenvalue weighted by Crippen LogP contribution is -1.98. The minimum Gasteiger partial charge on any atom is -0.340 e. The summed E-state index contributed by atoms with van der Waals surface area (Å²) in [4.78, 5) is 14.3. The van der Waals surface area contributed by atoms with Crippen LogP contribution in [0.3, 0.4) is 0 Å². The first-order valence-electron chi connectivity index (χ1n) is 5.31. The maximum atomic E-state index is 10.8. The van der Waals surface area contributed by atoms with Gasteiger partial charge in [-0.1, -0.05) is 33.6 Å². The second kappa shape index (κ2) is 5.54. The Kier molecular flexibility index (Phi) is 4.01. The number of nitro groups is 1. The first-order valence-corrected chi connectivity index (χ1v) is 6.48. The molecule has 0 amide bonds. The van der Waals surface area contributed by atoms with Crippen LogP contribution in [-0.2, 0) is 0 Å². The fourth-order valence-electron chi connectivity index (χ4n) is 1.53. The Morgan fingerprint density at radius 2 is 2.16 bits per heavy atom. The van der Waals surface area contributed by atoms with Crippen molar-refractivity contribution in [3.63, 3.8) is 0 Å². The molecule has 19 heavy (non-hydrogen) atoms. The van der Waals surface area contributed by atoms with Crippen molar-refractivity contribution in [1.29, 1.82) is 0 Å². The maximum Gasteiger partial charge on any atom is 0.276 e. The molecule has 0 saturated heterocycles. The van der Waals surface area contributed by atoms with Gasteiger partial charge in [-0.3, -0.25) is 10.1 Å². The maximum absolute atomic E-state index is 10.8. The molecule has 0 aliphatic rings. The van der Waals surface area contributed by atoms with Gasteiger partial charge in [-0.2, -0.15) is 0 Å². The van der Waals surface area contributed by atoms with Gasteiger partial charge in [-0.25, -0.2) is 4.98 Å². The van der Waals surface area contributed by atoms with Crippen LogP contribution in [0.25, 0.3) is 0 Å². The van der Waals surface area contributed by atoms with E-state index in [0.717, 1.165) is 15.7 Å². The number of pyridine rings is 1. The zero-order chi connectivity index (χ0) is 14.0. The Morgan fingerprint density at radius 1 is 1.42 bits per heavy atom. The highest BCUT2D eigenvalue weighted by Crippen LogP contribution is 2.28. The van der Waals surface area contributed by atoms with E-state index in [0.29, 0.717) is 5.82 Å². The molecule has 0 radical (unpaired) electrons. The van der Waals surface area contributed by atoms with Gasteiger partial charge in [-0.05, 0) is 24.6 Å². The standard InChI is InChI=1S/C12H9BrClN3O2/c1-7-9(13)3-2-4-10(7)15-12-6-8(17(18)19)5-11(14)16-12/h2-6H,1H3,(H,15,16). The lowest BCUT2D eigenvalue weighted by molar-refractivity contribution is -0.384. The van der Waals surface area contributed by atoms with Gasteiger partial charge in [0.2, 0.25) is 0 Å². The van der Waals surface area contributed by atoms with Gasteiger partial charge >= 0.3 is 0 Å². The zero-order valence-electron chi connectivity index (χ0n) is 9.85. The molecule has 1 N–H and O–H groups in total. The SMILES string of the molecule is Cc1c(Br)cccc1Nc1cc([N+](=O)[O-])cc(Cl)n1. The Labute approximate surface area is 122 Å². The van der Waals surface area contributed by atoms with Crippen LogP contribution < -0.4 is 5.32 Å². The summed E-state index contributed by atoms with van der Waals surface area (Å²) in [5, 5.41) is 13.9. The fourth-order valence-corrected chi connectivity index (χ4v) is 2.10. The van der Waals surface area contributed by atoms with Gasteiger partial charge in [0.05, 0.1) is 17.1 Å². The van der Waals surface area contributed by atoms with Crippen molar-refractivity contribution in [2.45, 2.75) is 6.92 Å². The Morgan fingerprint density at radius 3 is 2.84 bits per heavy atom. The number of nitrogens with one attached hydrogen (secondary N) is 1. The van der Waals surface area contributed by atoms with E-state index in [9.17, 15) is 10.1 Å². The topological polar surface area (TPSA) is 68.1 Å². The van der Waals surface area contributed by atoms with Crippen LogP contribution in [0.2, 0.25) is 5.15 Å². The first kappa shape index (κ1) is 13.8. The molecule has 0 saturated carbocycles. The number of aromatic nitrogens is 1. The molecule has 7 heteroatoms. The summed E-state index contributed by atoms with van der Waals surface area (Å²) in [6, 6.07) is 8.17. The highest BCUT2D eigenvalue weighted by molar-refractivity contribution is 9.10. The van der Waals surface area contributed by atoms with E-state index in [1.807, 2.05) is 25.1 Å². The van der Waals surface area contributed by atoms with Gasteiger partial charge < -0.3 is 5.32 Å². The molecule has 0 unspecified atom stereocenters. The molecule has 2 rings (SSSR count). The normalized spacial score (nSPS) is 10.3. The fraction of sp³-hybridized carbons (Fsp3) is 0.0833. The van der Waals surface area contributed by atoms with Crippen LogP contribution in [0.4, 0.5) is 17.2 Å². The molecule has 1 aromatic heterocycles. The summed E-state index contributed by atoms with van der Waals surface area (Å²) >= 11 is 9.18. The van der Waals surface area contributed by atoms with Crippen molar-refractivity contribution in [3.8, 4) is 0 Å². The molecule has 0 aliphatic carbocycles. The zero-order valence-corrected chi connectivity index (χ0v) is 12.2. The molecule has 0 atom stereocenters. The molecule has 98 valence electrons. The Balaban J connectivity index is 2.38. The van der Waals surface area contributed by atoms with Gasteiger partial charge in [0.1, 0.15) is 11.0 Å². The largest absolute Gasteiger partial charge is 0.340 e. The summed E-state index contributed by atoms with van der Waals surface area (Å²) in [5.41, 5.74) is 1.68. The van der Waals surface area contributed by atoms with Crippen molar-refractivity contribution in [2.24, 2.45) is 0 Å². The van der Waals surface area contributed by atoms with Gasteiger partial charge in [0.15, 0.2) is 0 Å². The number of halogens is 2. The van der Waals surface area contributed by atoms with Crippen molar-refractivity contribution >= 4 is 44.7 Å². The predicted molar refractivity (Wildman–Crippen MR) is 78.1 cm³/mol. The van der Waals surface area contributed by atoms with Crippen molar-refractivity contribution in [3.05, 3.63) is 55.6 Å². The minimum absolute atomic E-state index is 0.0735. The van der Waals surface area contributed by atoms with Crippen LogP contribution in [-0.4, -0.2) is 9.91 Å². The van der Waals surface area contributed by atoms with Crippen molar-refractivity contribution in [2.75, 3.05) is 5.32 Å². The Bertz CT molecular complexity index is 649. The quantitative estimate of drug-likeness (QED) is 0.508. The number of hydrogen-bond donors (Lipinski definition) is 1.